The van der Waals surface area contributed by atoms with E-state index in [0.29, 0.717) is 18.2 Å². The van der Waals surface area contributed by atoms with E-state index in [9.17, 15) is 4.79 Å². The Hall–Kier alpha value is -0.370. The van der Waals surface area contributed by atoms with Gasteiger partial charge in [-0.25, -0.2) is 0 Å². The van der Waals surface area contributed by atoms with Crippen molar-refractivity contribution in [3.8, 4) is 0 Å². The van der Waals surface area contributed by atoms with Crippen LogP contribution in [0.25, 0.3) is 0 Å². The average Bonchev–Trinajstić information content (AvgIpc) is 2.80. The SMILES string of the molecule is CC(=O)CCN(C)C(C)C1CC1. The van der Waals surface area contributed by atoms with Crippen LogP contribution >= 0.6 is 0 Å². The molecule has 0 N–H and O–H groups in total. The van der Waals surface area contributed by atoms with Gasteiger partial charge < -0.3 is 4.90 Å². The number of Topliss-reactive ketones (excluding diaryl/α,β-unsaturated/α-hetero) is 1. The molecule has 1 saturated carbocycles. The van der Waals surface area contributed by atoms with E-state index < -0.39 is 0 Å². The predicted octanol–water partition coefficient (Wildman–Crippen LogP) is 1.70. The molecule has 2 nitrogen and oxygen atoms in total. The second-order valence-electron chi connectivity index (χ2n) is 4.01. The maximum Gasteiger partial charge on any atom is 0.131 e. The zero-order chi connectivity index (χ0) is 9.14. The molecule has 0 amide bonds. The second-order valence-corrected chi connectivity index (χ2v) is 4.01. The standard InChI is InChI=1S/C10H19NO/c1-8(12)6-7-11(3)9(2)10-4-5-10/h9-10H,4-7H2,1-3H3. The lowest BCUT2D eigenvalue weighted by Gasteiger charge is -2.23. The van der Waals surface area contributed by atoms with Crippen LogP contribution in [0.15, 0.2) is 0 Å². The number of carbonyl (C=O) groups is 1. The summed E-state index contributed by atoms with van der Waals surface area (Å²) in [7, 11) is 2.12. The summed E-state index contributed by atoms with van der Waals surface area (Å²) < 4.78 is 0. The van der Waals surface area contributed by atoms with Crippen LogP contribution in [0.1, 0.15) is 33.1 Å². The van der Waals surface area contributed by atoms with E-state index in [1.54, 1.807) is 6.92 Å². The molecule has 0 aromatic carbocycles. The topological polar surface area (TPSA) is 20.3 Å². The van der Waals surface area contributed by atoms with Gasteiger partial charge in [-0.2, -0.15) is 0 Å². The molecule has 1 rings (SSSR count). The fourth-order valence-corrected chi connectivity index (χ4v) is 1.48. The molecule has 1 aliphatic rings. The zero-order valence-corrected chi connectivity index (χ0v) is 8.34. The lowest BCUT2D eigenvalue weighted by Crippen LogP contribution is -2.32. The molecular formula is C10H19NO. The molecule has 1 atom stereocenters. The van der Waals surface area contributed by atoms with Gasteiger partial charge >= 0.3 is 0 Å². The van der Waals surface area contributed by atoms with Crippen molar-refractivity contribution in [2.24, 2.45) is 5.92 Å². The minimum absolute atomic E-state index is 0.296. The molecule has 0 radical (unpaired) electrons. The third kappa shape index (κ3) is 2.94. The van der Waals surface area contributed by atoms with Crippen LogP contribution in [0.4, 0.5) is 0 Å². The van der Waals surface area contributed by atoms with E-state index in [4.69, 9.17) is 0 Å². The van der Waals surface area contributed by atoms with E-state index in [2.05, 4.69) is 18.9 Å². The molecular weight excluding hydrogens is 150 g/mol. The highest BCUT2D eigenvalue weighted by molar-refractivity contribution is 5.75. The summed E-state index contributed by atoms with van der Waals surface area (Å²) >= 11 is 0. The summed E-state index contributed by atoms with van der Waals surface area (Å²) in [5.41, 5.74) is 0. The van der Waals surface area contributed by atoms with Crippen molar-refractivity contribution in [1.29, 1.82) is 0 Å². The summed E-state index contributed by atoms with van der Waals surface area (Å²) in [5.74, 6) is 1.20. The Morgan fingerprint density at radius 3 is 2.58 bits per heavy atom. The van der Waals surface area contributed by atoms with Gasteiger partial charge in [0.05, 0.1) is 0 Å². The molecule has 0 aliphatic heterocycles. The Balaban J connectivity index is 2.17. The monoisotopic (exact) mass is 169 g/mol. The second kappa shape index (κ2) is 4.04. The lowest BCUT2D eigenvalue weighted by molar-refractivity contribution is -0.117. The zero-order valence-electron chi connectivity index (χ0n) is 8.34. The Kier molecular flexibility index (Phi) is 3.27. The smallest absolute Gasteiger partial charge is 0.131 e. The van der Waals surface area contributed by atoms with Gasteiger partial charge in [-0.1, -0.05) is 0 Å². The van der Waals surface area contributed by atoms with Gasteiger partial charge in [0.25, 0.3) is 0 Å². The summed E-state index contributed by atoms with van der Waals surface area (Å²) in [6.07, 6.45) is 3.46. The van der Waals surface area contributed by atoms with Crippen molar-refractivity contribution >= 4 is 5.78 Å². The van der Waals surface area contributed by atoms with Crippen molar-refractivity contribution in [1.82, 2.24) is 4.90 Å². The number of hydrogen-bond acceptors (Lipinski definition) is 2. The summed E-state index contributed by atoms with van der Waals surface area (Å²) in [6.45, 7) is 4.85. The normalized spacial score (nSPS) is 19.7. The molecule has 1 aliphatic carbocycles. The van der Waals surface area contributed by atoms with Crippen LogP contribution < -0.4 is 0 Å². The number of rotatable bonds is 5. The van der Waals surface area contributed by atoms with Crippen molar-refractivity contribution in [2.75, 3.05) is 13.6 Å². The van der Waals surface area contributed by atoms with Crippen LogP contribution in [0.2, 0.25) is 0 Å². The molecule has 0 aromatic heterocycles. The van der Waals surface area contributed by atoms with E-state index in [-0.39, 0.29) is 0 Å². The summed E-state index contributed by atoms with van der Waals surface area (Å²) in [4.78, 5) is 13.0. The highest BCUT2D eigenvalue weighted by Gasteiger charge is 2.30. The van der Waals surface area contributed by atoms with Crippen LogP contribution in [-0.4, -0.2) is 30.3 Å². The van der Waals surface area contributed by atoms with Crippen molar-refractivity contribution in [2.45, 2.75) is 39.2 Å². The maximum absolute atomic E-state index is 10.7. The maximum atomic E-state index is 10.7. The van der Waals surface area contributed by atoms with Gasteiger partial charge in [-0.15, -0.1) is 0 Å². The van der Waals surface area contributed by atoms with E-state index in [0.717, 1.165) is 12.5 Å². The van der Waals surface area contributed by atoms with E-state index >= 15 is 0 Å². The minimum Gasteiger partial charge on any atom is -0.303 e. The van der Waals surface area contributed by atoms with Gasteiger partial charge in [-0.3, -0.25) is 4.79 Å². The van der Waals surface area contributed by atoms with Gasteiger partial charge in [0.15, 0.2) is 0 Å². The Morgan fingerprint density at radius 1 is 1.58 bits per heavy atom. The third-order valence-electron chi connectivity index (χ3n) is 2.82. The van der Waals surface area contributed by atoms with Crippen LogP contribution in [0, 0.1) is 5.92 Å². The Morgan fingerprint density at radius 2 is 2.17 bits per heavy atom. The number of hydrogen-bond donors (Lipinski definition) is 0. The fraction of sp³-hybridized carbons (Fsp3) is 0.900. The fourth-order valence-electron chi connectivity index (χ4n) is 1.48. The first-order valence-corrected chi connectivity index (χ1v) is 4.81. The molecule has 0 saturated heterocycles. The molecule has 70 valence electrons. The van der Waals surface area contributed by atoms with Gasteiger partial charge in [0, 0.05) is 19.0 Å². The Labute approximate surface area is 74.9 Å². The first kappa shape index (κ1) is 9.72. The van der Waals surface area contributed by atoms with Gasteiger partial charge in [0.1, 0.15) is 5.78 Å². The predicted molar refractivity (Wildman–Crippen MR) is 50.1 cm³/mol. The van der Waals surface area contributed by atoms with E-state index in [1.807, 2.05) is 0 Å². The van der Waals surface area contributed by atoms with Crippen LogP contribution in [-0.2, 0) is 4.79 Å². The Bertz CT molecular complexity index is 163. The first-order valence-electron chi connectivity index (χ1n) is 4.81. The molecule has 12 heavy (non-hydrogen) atoms. The van der Waals surface area contributed by atoms with Crippen molar-refractivity contribution in [3.05, 3.63) is 0 Å². The number of nitrogens with zero attached hydrogens (tertiary/aromatic N) is 1. The lowest BCUT2D eigenvalue weighted by atomic mass is 10.2. The number of ketones is 1. The molecule has 2 heteroatoms. The largest absolute Gasteiger partial charge is 0.303 e. The molecule has 1 fully saturated rings. The van der Waals surface area contributed by atoms with Crippen LogP contribution in [0.3, 0.4) is 0 Å². The average molecular weight is 169 g/mol. The molecule has 0 heterocycles. The molecule has 0 aromatic rings. The number of carbonyl (C=O) groups excluding carboxylic acids is 1. The van der Waals surface area contributed by atoms with Crippen molar-refractivity contribution in [3.63, 3.8) is 0 Å². The van der Waals surface area contributed by atoms with Gasteiger partial charge in [-0.05, 0) is 39.7 Å². The third-order valence-corrected chi connectivity index (χ3v) is 2.82. The summed E-state index contributed by atoms with van der Waals surface area (Å²) in [6, 6.07) is 0.671. The first-order chi connectivity index (χ1) is 5.61. The van der Waals surface area contributed by atoms with Gasteiger partial charge in [0.2, 0.25) is 0 Å². The molecule has 0 spiro atoms. The van der Waals surface area contributed by atoms with Crippen molar-refractivity contribution < 1.29 is 4.79 Å². The molecule has 0 bridgehead atoms. The quantitative estimate of drug-likeness (QED) is 0.624. The van der Waals surface area contributed by atoms with Crippen LogP contribution in [0.5, 0.6) is 0 Å². The highest BCUT2D eigenvalue weighted by Crippen LogP contribution is 2.34. The molecule has 1 unspecified atom stereocenters. The summed E-state index contributed by atoms with van der Waals surface area (Å²) in [5, 5.41) is 0. The van der Waals surface area contributed by atoms with E-state index in [1.165, 1.54) is 12.8 Å². The highest BCUT2D eigenvalue weighted by atomic mass is 16.1. The minimum atomic E-state index is 0.296.